The van der Waals surface area contributed by atoms with Crippen molar-refractivity contribution in [3.05, 3.63) is 75.9 Å². The van der Waals surface area contributed by atoms with E-state index in [-0.39, 0.29) is 18.3 Å². The summed E-state index contributed by atoms with van der Waals surface area (Å²) in [6, 6.07) is 12.8. The molecule has 3 rings (SSSR count). The fourth-order valence-electron chi connectivity index (χ4n) is 2.84. The molecule has 35 heavy (non-hydrogen) atoms. The molecule has 3 aromatic rings. The summed E-state index contributed by atoms with van der Waals surface area (Å²) in [6.07, 6.45) is -2.29. The topological polar surface area (TPSA) is 84.8 Å². The number of carbonyl (C=O) groups excluding carboxylic acids is 1. The van der Waals surface area contributed by atoms with Gasteiger partial charge in [0.1, 0.15) is 5.82 Å². The molecule has 7 nitrogen and oxygen atoms in total. The van der Waals surface area contributed by atoms with E-state index in [1.165, 1.54) is 12.3 Å². The molecule has 0 aliphatic heterocycles. The van der Waals surface area contributed by atoms with E-state index in [0.29, 0.717) is 33.8 Å². The summed E-state index contributed by atoms with van der Waals surface area (Å²) >= 11 is 3.42. The quantitative estimate of drug-likeness (QED) is 0.251. The molecule has 2 aromatic carbocycles. The predicted octanol–water partition coefficient (Wildman–Crippen LogP) is 6.03. The number of benzene rings is 2. The number of ether oxygens (including phenoxy) is 2. The number of pyridine rings is 1. The standard InChI is InChI=1S/C24H22BrF3N4O3/c1-3-34-20-11-16(12-30-32-21-9-6-17(13-29-21)24(26,27)28)10-19(25)23(20)35-14-22(33)31-18-7-4-15(2)5-8-18/h4-13H,3,14H2,1-2H3,(H,29,32)(H,31,33)/b30-12-. The number of aromatic nitrogens is 1. The van der Waals surface area contributed by atoms with Gasteiger partial charge in [0, 0.05) is 11.9 Å². The monoisotopic (exact) mass is 550 g/mol. The molecule has 0 bridgehead atoms. The van der Waals surface area contributed by atoms with E-state index >= 15 is 0 Å². The van der Waals surface area contributed by atoms with Gasteiger partial charge < -0.3 is 14.8 Å². The molecule has 11 heteroatoms. The number of hydrogen-bond donors (Lipinski definition) is 2. The number of alkyl halides is 3. The second-order valence-electron chi connectivity index (χ2n) is 7.27. The molecule has 0 aliphatic carbocycles. The van der Waals surface area contributed by atoms with Crippen LogP contribution in [0.25, 0.3) is 0 Å². The average molecular weight is 551 g/mol. The lowest BCUT2D eigenvalue weighted by Gasteiger charge is -2.14. The fraction of sp³-hybridized carbons (Fsp3) is 0.208. The molecule has 0 aliphatic rings. The molecular weight excluding hydrogens is 529 g/mol. The van der Waals surface area contributed by atoms with Crippen LogP contribution in [0.4, 0.5) is 24.7 Å². The summed E-state index contributed by atoms with van der Waals surface area (Å²) in [6.45, 7) is 3.88. The van der Waals surface area contributed by atoms with Crippen molar-refractivity contribution in [2.45, 2.75) is 20.0 Å². The van der Waals surface area contributed by atoms with Crippen molar-refractivity contribution in [3.8, 4) is 11.5 Å². The smallest absolute Gasteiger partial charge is 0.417 e. The highest BCUT2D eigenvalue weighted by Crippen LogP contribution is 2.36. The Morgan fingerprint density at radius 1 is 1.14 bits per heavy atom. The minimum absolute atomic E-state index is 0.151. The Bertz CT molecular complexity index is 1180. The number of halogens is 4. The Morgan fingerprint density at radius 3 is 2.51 bits per heavy atom. The maximum Gasteiger partial charge on any atom is 0.417 e. The number of rotatable bonds is 9. The van der Waals surface area contributed by atoms with Crippen molar-refractivity contribution >= 4 is 39.6 Å². The van der Waals surface area contributed by atoms with Crippen LogP contribution in [-0.4, -0.2) is 30.3 Å². The van der Waals surface area contributed by atoms with Crippen molar-refractivity contribution < 1.29 is 27.4 Å². The van der Waals surface area contributed by atoms with Crippen molar-refractivity contribution in [1.82, 2.24) is 4.98 Å². The Morgan fingerprint density at radius 2 is 1.89 bits per heavy atom. The Labute approximate surface area is 208 Å². The zero-order valence-corrected chi connectivity index (χ0v) is 20.4. The summed E-state index contributed by atoms with van der Waals surface area (Å²) in [4.78, 5) is 16.0. The summed E-state index contributed by atoms with van der Waals surface area (Å²) in [5, 5.41) is 6.76. The van der Waals surface area contributed by atoms with Crippen molar-refractivity contribution in [3.63, 3.8) is 0 Å². The van der Waals surface area contributed by atoms with Gasteiger partial charge in [-0.3, -0.25) is 10.2 Å². The van der Waals surface area contributed by atoms with Crippen LogP contribution in [0.1, 0.15) is 23.6 Å². The van der Waals surface area contributed by atoms with E-state index in [9.17, 15) is 18.0 Å². The molecule has 184 valence electrons. The highest BCUT2D eigenvalue weighted by Gasteiger charge is 2.30. The largest absolute Gasteiger partial charge is 0.490 e. The SMILES string of the molecule is CCOc1cc(/C=N\Nc2ccc(C(F)(F)F)cn2)cc(Br)c1OCC(=O)Nc1ccc(C)cc1. The maximum atomic E-state index is 12.6. The fourth-order valence-corrected chi connectivity index (χ4v) is 3.41. The van der Waals surface area contributed by atoms with E-state index in [0.717, 1.165) is 17.8 Å². The average Bonchev–Trinajstić information content (AvgIpc) is 2.80. The predicted molar refractivity (Wildman–Crippen MR) is 131 cm³/mol. The Balaban J connectivity index is 1.65. The first-order chi connectivity index (χ1) is 16.7. The van der Waals surface area contributed by atoms with Crippen LogP contribution in [0, 0.1) is 6.92 Å². The van der Waals surface area contributed by atoms with Gasteiger partial charge in [0.05, 0.1) is 22.9 Å². The zero-order valence-electron chi connectivity index (χ0n) is 18.8. The maximum absolute atomic E-state index is 12.6. The van der Waals surface area contributed by atoms with Crippen LogP contribution in [0.2, 0.25) is 0 Å². The van der Waals surface area contributed by atoms with Gasteiger partial charge >= 0.3 is 6.18 Å². The Kier molecular flexibility index (Phi) is 8.69. The molecule has 0 unspecified atom stereocenters. The summed E-state index contributed by atoms with van der Waals surface area (Å²) in [5.74, 6) is 0.555. The lowest BCUT2D eigenvalue weighted by molar-refractivity contribution is -0.137. The van der Waals surface area contributed by atoms with Gasteiger partial charge in [0.15, 0.2) is 18.1 Å². The second-order valence-corrected chi connectivity index (χ2v) is 8.12. The van der Waals surface area contributed by atoms with Crippen LogP contribution >= 0.6 is 15.9 Å². The van der Waals surface area contributed by atoms with E-state index in [2.05, 4.69) is 36.8 Å². The number of amides is 1. The zero-order chi connectivity index (χ0) is 25.4. The van der Waals surface area contributed by atoms with E-state index in [1.54, 1.807) is 31.2 Å². The first-order valence-electron chi connectivity index (χ1n) is 10.4. The molecule has 0 saturated heterocycles. The number of aryl methyl sites for hydroxylation is 1. The van der Waals surface area contributed by atoms with Gasteiger partial charge in [-0.05, 0) is 71.7 Å². The normalized spacial score (nSPS) is 11.4. The van der Waals surface area contributed by atoms with Crippen molar-refractivity contribution in [2.24, 2.45) is 5.10 Å². The molecule has 1 amide bonds. The Hall–Kier alpha value is -3.60. The number of hydrogen-bond acceptors (Lipinski definition) is 6. The molecule has 0 spiro atoms. The van der Waals surface area contributed by atoms with Gasteiger partial charge in [-0.25, -0.2) is 4.98 Å². The minimum Gasteiger partial charge on any atom is -0.490 e. The van der Waals surface area contributed by atoms with Crippen LogP contribution in [-0.2, 0) is 11.0 Å². The number of anilines is 2. The number of carbonyl (C=O) groups is 1. The lowest BCUT2D eigenvalue weighted by atomic mass is 10.2. The number of nitrogens with one attached hydrogen (secondary N) is 2. The third-order valence-corrected chi connectivity index (χ3v) is 5.09. The molecule has 0 saturated carbocycles. The minimum atomic E-state index is -4.46. The molecular formula is C24H22BrF3N4O3. The molecule has 1 heterocycles. The molecule has 0 radical (unpaired) electrons. The first-order valence-corrected chi connectivity index (χ1v) is 11.2. The number of hydrazone groups is 1. The first kappa shape index (κ1) is 26.0. The van der Waals surface area contributed by atoms with E-state index in [1.807, 2.05) is 19.1 Å². The van der Waals surface area contributed by atoms with Crippen LogP contribution in [0.15, 0.2) is 64.3 Å². The van der Waals surface area contributed by atoms with Gasteiger partial charge in [-0.2, -0.15) is 18.3 Å². The van der Waals surface area contributed by atoms with Crippen LogP contribution in [0.3, 0.4) is 0 Å². The van der Waals surface area contributed by atoms with Crippen molar-refractivity contribution in [2.75, 3.05) is 24.0 Å². The molecule has 0 fully saturated rings. The van der Waals surface area contributed by atoms with Gasteiger partial charge in [0.25, 0.3) is 5.91 Å². The summed E-state index contributed by atoms with van der Waals surface area (Å²) < 4.78 is 49.8. The highest BCUT2D eigenvalue weighted by atomic mass is 79.9. The van der Waals surface area contributed by atoms with Crippen molar-refractivity contribution in [1.29, 1.82) is 0 Å². The number of nitrogens with zero attached hydrogens (tertiary/aromatic N) is 2. The third-order valence-electron chi connectivity index (χ3n) is 4.50. The van der Waals surface area contributed by atoms with Gasteiger partial charge in [-0.1, -0.05) is 17.7 Å². The van der Waals surface area contributed by atoms with Crippen LogP contribution in [0.5, 0.6) is 11.5 Å². The molecule has 2 N–H and O–H groups in total. The summed E-state index contributed by atoms with van der Waals surface area (Å²) in [5.41, 5.74) is 4.08. The highest BCUT2D eigenvalue weighted by molar-refractivity contribution is 9.10. The third kappa shape index (κ3) is 7.71. The molecule has 1 aromatic heterocycles. The van der Waals surface area contributed by atoms with E-state index < -0.39 is 11.7 Å². The summed E-state index contributed by atoms with van der Waals surface area (Å²) in [7, 11) is 0. The molecule has 0 atom stereocenters. The van der Waals surface area contributed by atoms with E-state index in [4.69, 9.17) is 9.47 Å². The van der Waals surface area contributed by atoms with Crippen LogP contribution < -0.4 is 20.2 Å². The van der Waals surface area contributed by atoms with Gasteiger partial charge in [0.2, 0.25) is 0 Å². The lowest BCUT2D eigenvalue weighted by Crippen LogP contribution is -2.20. The van der Waals surface area contributed by atoms with Gasteiger partial charge in [-0.15, -0.1) is 0 Å². The second kappa shape index (κ2) is 11.7.